The van der Waals surface area contributed by atoms with Crippen molar-refractivity contribution < 1.29 is 4.79 Å². The van der Waals surface area contributed by atoms with Gasteiger partial charge in [0.25, 0.3) is 0 Å². The molecule has 70 valence electrons. The van der Waals surface area contributed by atoms with Crippen molar-refractivity contribution in [1.82, 2.24) is 0 Å². The van der Waals surface area contributed by atoms with Gasteiger partial charge in [0.05, 0.1) is 0 Å². The SMILES string of the molecule is C/C=C/CC(C)(C)[C@@H](C)C(C)=O. The maximum atomic E-state index is 11.1. The second-order valence-electron chi connectivity index (χ2n) is 4.09. The number of Topliss-reactive ketones (excluding diaryl/α,β-unsaturated/α-hetero) is 1. The molecule has 0 aliphatic carbocycles. The summed E-state index contributed by atoms with van der Waals surface area (Å²) < 4.78 is 0. The minimum absolute atomic E-state index is 0.0956. The quantitative estimate of drug-likeness (QED) is 0.589. The standard InChI is InChI=1S/C11H20O/c1-6-7-8-11(4,5)9(2)10(3)12/h6-7,9H,8H2,1-5H3/b7-6+/t9-/m0/s1. The van der Waals surface area contributed by atoms with E-state index < -0.39 is 0 Å². The van der Waals surface area contributed by atoms with Crippen molar-refractivity contribution in [1.29, 1.82) is 0 Å². The van der Waals surface area contributed by atoms with E-state index in [1.54, 1.807) is 6.92 Å². The van der Waals surface area contributed by atoms with Crippen LogP contribution in [0.1, 0.15) is 41.0 Å². The molecule has 0 unspecified atom stereocenters. The van der Waals surface area contributed by atoms with Crippen LogP contribution in [0.3, 0.4) is 0 Å². The molecule has 0 aliphatic heterocycles. The van der Waals surface area contributed by atoms with Gasteiger partial charge in [-0.05, 0) is 25.7 Å². The number of carbonyl (C=O) groups is 1. The minimum Gasteiger partial charge on any atom is -0.300 e. The monoisotopic (exact) mass is 168 g/mol. The molecule has 0 fully saturated rings. The summed E-state index contributed by atoms with van der Waals surface area (Å²) in [6.45, 7) is 9.96. The zero-order valence-corrected chi connectivity index (χ0v) is 8.85. The topological polar surface area (TPSA) is 17.1 Å². The molecule has 12 heavy (non-hydrogen) atoms. The number of ketones is 1. The molecule has 1 nitrogen and oxygen atoms in total. The third-order valence-corrected chi connectivity index (χ3v) is 2.66. The van der Waals surface area contributed by atoms with E-state index >= 15 is 0 Å². The first kappa shape index (κ1) is 11.4. The normalized spacial score (nSPS) is 15.1. The zero-order chi connectivity index (χ0) is 9.78. The molecule has 0 amide bonds. The Morgan fingerprint density at radius 1 is 1.50 bits per heavy atom. The lowest BCUT2D eigenvalue weighted by atomic mass is 9.75. The fraction of sp³-hybridized carbons (Fsp3) is 0.727. The van der Waals surface area contributed by atoms with Crippen molar-refractivity contribution in [3.63, 3.8) is 0 Å². The van der Waals surface area contributed by atoms with E-state index in [1.165, 1.54) is 0 Å². The summed E-state index contributed by atoms with van der Waals surface area (Å²) in [5.74, 6) is 0.429. The Kier molecular flexibility index (Phi) is 4.22. The number of rotatable bonds is 4. The van der Waals surface area contributed by atoms with E-state index in [4.69, 9.17) is 0 Å². The van der Waals surface area contributed by atoms with E-state index in [2.05, 4.69) is 19.9 Å². The highest BCUT2D eigenvalue weighted by atomic mass is 16.1. The van der Waals surface area contributed by atoms with Gasteiger partial charge < -0.3 is 0 Å². The molecule has 1 atom stereocenters. The largest absolute Gasteiger partial charge is 0.300 e. The first-order chi connectivity index (χ1) is 5.41. The smallest absolute Gasteiger partial charge is 0.133 e. The van der Waals surface area contributed by atoms with Gasteiger partial charge in [-0.1, -0.05) is 32.9 Å². The van der Waals surface area contributed by atoms with Crippen LogP contribution in [0.4, 0.5) is 0 Å². The number of allylic oxidation sites excluding steroid dienone is 2. The molecule has 0 aliphatic rings. The molecule has 0 N–H and O–H groups in total. The predicted molar refractivity (Wildman–Crippen MR) is 53.1 cm³/mol. The molecular formula is C11H20O. The third kappa shape index (κ3) is 3.21. The van der Waals surface area contributed by atoms with Gasteiger partial charge in [0.15, 0.2) is 0 Å². The Hall–Kier alpha value is -0.590. The Morgan fingerprint density at radius 3 is 2.33 bits per heavy atom. The lowest BCUT2D eigenvalue weighted by Crippen LogP contribution is -2.26. The van der Waals surface area contributed by atoms with E-state index in [9.17, 15) is 4.79 Å². The van der Waals surface area contributed by atoms with Gasteiger partial charge in [-0.25, -0.2) is 0 Å². The first-order valence-electron chi connectivity index (χ1n) is 4.53. The van der Waals surface area contributed by atoms with Crippen molar-refractivity contribution in [2.45, 2.75) is 41.0 Å². The molecule has 1 heteroatoms. The average molecular weight is 168 g/mol. The first-order valence-corrected chi connectivity index (χ1v) is 4.53. The van der Waals surface area contributed by atoms with E-state index in [0.29, 0.717) is 0 Å². The maximum Gasteiger partial charge on any atom is 0.133 e. The molecular weight excluding hydrogens is 148 g/mol. The molecule has 0 aromatic carbocycles. The average Bonchev–Trinajstić information content (AvgIpc) is 1.99. The number of hydrogen-bond donors (Lipinski definition) is 0. The summed E-state index contributed by atoms with van der Waals surface area (Å²) in [6, 6.07) is 0. The van der Waals surface area contributed by atoms with Gasteiger partial charge in [-0.15, -0.1) is 0 Å². The van der Waals surface area contributed by atoms with E-state index in [-0.39, 0.29) is 17.1 Å². The van der Waals surface area contributed by atoms with Gasteiger partial charge in [0.2, 0.25) is 0 Å². The van der Waals surface area contributed by atoms with Crippen molar-refractivity contribution in [2.24, 2.45) is 11.3 Å². The molecule has 0 saturated carbocycles. The fourth-order valence-electron chi connectivity index (χ4n) is 1.15. The van der Waals surface area contributed by atoms with Crippen LogP contribution in [-0.2, 0) is 4.79 Å². The zero-order valence-electron chi connectivity index (χ0n) is 8.85. The molecule has 0 bridgehead atoms. The van der Waals surface area contributed by atoms with E-state index in [1.807, 2.05) is 19.9 Å². The van der Waals surface area contributed by atoms with Crippen molar-refractivity contribution in [3.05, 3.63) is 12.2 Å². The Balaban J connectivity index is 4.27. The highest BCUT2D eigenvalue weighted by Crippen LogP contribution is 2.31. The summed E-state index contributed by atoms with van der Waals surface area (Å²) in [4.78, 5) is 11.1. The van der Waals surface area contributed by atoms with Crippen molar-refractivity contribution in [3.8, 4) is 0 Å². The van der Waals surface area contributed by atoms with Crippen LogP contribution < -0.4 is 0 Å². The Labute approximate surface area is 75.9 Å². The van der Waals surface area contributed by atoms with Gasteiger partial charge in [0.1, 0.15) is 5.78 Å². The van der Waals surface area contributed by atoms with Gasteiger partial charge >= 0.3 is 0 Å². The molecule has 0 aromatic heterocycles. The van der Waals surface area contributed by atoms with Crippen molar-refractivity contribution >= 4 is 5.78 Å². The molecule has 0 radical (unpaired) electrons. The lowest BCUT2D eigenvalue weighted by molar-refractivity contribution is -0.123. The number of hydrogen-bond acceptors (Lipinski definition) is 1. The van der Waals surface area contributed by atoms with Crippen LogP contribution in [0.2, 0.25) is 0 Å². The minimum atomic E-state index is 0.0956. The van der Waals surface area contributed by atoms with Crippen molar-refractivity contribution in [2.75, 3.05) is 0 Å². The molecule has 0 aromatic rings. The van der Waals surface area contributed by atoms with Crippen LogP contribution in [0, 0.1) is 11.3 Å². The van der Waals surface area contributed by atoms with E-state index in [0.717, 1.165) is 6.42 Å². The summed E-state index contributed by atoms with van der Waals surface area (Å²) in [5.41, 5.74) is 0.0956. The highest BCUT2D eigenvalue weighted by molar-refractivity contribution is 5.78. The molecule has 0 heterocycles. The van der Waals surface area contributed by atoms with Gasteiger partial charge in [0, 0.05) is 5.92 Å². The second-order valence-corrected chi connectivity index (χ2v) is 4.09. The number of carbonyl (C=O) groups excluding carboxylic acids is 1. The second kappa shape index (κ2) is 4.44. The summed E-state index contributed by atoms with van der Waals surface area (Å²) in [5, 5.41) is 0. The van der Waals surface area contributed by atoms with Gasteiger partial charge in [-0.3, -0.25) is 4.79 Å². The molecule has 0 rings (SSSR count). The Bertz CT molecular complexity index is 177. The molecule has 0 spiro atoms. The van der Waals surface area contributed by atoms with Crippen LogP contribution in [0.15, 0.2) is 12.2 Å². The summed E-state index contributed by atoms with van der Waals surface area (Å²) in [6.07, 6.45) is 5.14. The van der Waals surface area contributed by atoms with Crippen LogP contribution in [-0.4, -0.2) is 5.78 Å². The maximum absolute atomic E-state index is 11.1. The molecule has 0 saturated heterocycles. The van der Waals surface area contributed by atoms with Crippen LogP contribution >= 0.6 is 0 Å². The van der Waals surface area contributed by atoms with Crippen LogP contribution in [0.25, 0.3) is 0 Å². The summed E-state index contributed by atoms with van der Waals surface area (Å²) in [7, 11) is 0. The fourth-order valence-corrected chi connectivity index (χ4v) is 1.15. The highest BCUT2D eigenvalue weighted by Gasteiger charge is 2.27. The predicted octanol–water partition coefficient (Wildman–Crippen LogP) is 3.20. The third-order valence-electron chi connectivity index (χ3n) is 2.66. The van der Waals surface area contributed by atoms with Crippen LogP contribution in [0.5, 0.6) is 0 Å². The summed E-state index contributed by atoms with van der Waals surface area (Å²) >= 11 is 0. The lowest BCUT2D eigenvalue weighted by Gasteiger charge is -2.28. The van der Waals surface area contributed by atoms with Gasteiger partial charge in [-0.2, -0.15) is 0 Å². The Morgan fingerprint density at radius 2 is 2.00 bits per heavy atom.